The lowest BCUT2D eigenvalue weighted by atomic mass is 9.76. The van der Waals surface area contributed by atoms with E-state index in [4.69, 9.17) is 14.2 Å². The first-order chi connectivity index (χ1) is 17.5. The fourth-order valence-corrected chi connectivity index (χ4v) is 5.59. The molecule has 2 aromatic carbocycles. The number of aliphatic hydroxyl groups is 1. The molecular weight excluding hydrogens is 460 g/mol. The second-order valence-corrected chi connectivity index (χ2v) is 9.92. The lowest BCUT2D eigenvalue weighted by Crippen LogP contribution is -2.48. The number of fused-ring (bicyclic) bond motifs is 4. The number of carbonyl (C=O) groups excluding carboxylic acids is 2. The molecule has 2 amide bonds. The van der Waals surface area contributed by atoms with Crippen LogP contribution < -0.4 is 15.4 Å². The first-order valence-electron chi connectivity index (χ1n) is 12.8. The average molecular weight is 495 g/mol. The van der Waals surface area contributed by atoms with E-state index in [1.54, 1.807) is 0 Å². The molecule has 2 bridgehead atoms. The van der Waals surface area contributed by atoms with Crippen LogP contribution in [-0.2, 0) is 19.1 Å². The minimum atomic E-state index is -0.710. The fourth-order valence-electron chi connectivity index (χ4n) is 5.59. The van der Waals surface area contributed by atoms with E-state index in [1.807, 2.05) is 55.5 Å². The standard InChI is InChI=1S/C28H34N2O6/c1-17(18-5-3-2-4-6-18)29-26(32)15-21-14-23-22-13-19(30-28(33)27(23)25(16-31)36-21)7-8-24(22)35-20-9-11-34-12-10-20/h2-8,13,17,20-21,23,25,27,31H,9-12,14-16H2,1H3,(H,29,32)(H,30,33)/t17-,21+,23-,25-,27+/m1/s1. The van der Waals surface area contributed by atoms with Gasteiger partial charge >= 0.3 is 0 Å². The van der Waals surface area contributed by atoms with Crippen LogP contribution in [0.25, 0.3) is 0 Å². The van der Waals surface area contributed by atoms with Crippen LogP contribution in [0.1, 0.15) is 55.7 Å². The van der Waals surface area contributed by atoms with Crippen molar-refractivity contribution in [3.05, 3.63) is 59.7 Å². The average Bonchev–Trinajstić information content (AvgIpc) is 3.00. The van der Waals surface area contributed by atoms with Crippen LogP contribution in [0.4, 0.5) is 5.69 Å². The Morgan fingerprint density at radius 3 is 2.72 bits per heavy atom. The second kappa shape index (κ2) is 11.0. The van der Waals surface area contributed by atoms with E-state index < -0.39 is 18.1 Å². The zero-order valence-corrected chi connectivity index (χ0v) is 20.5. The van der Waals surface area contributed by atoms with Crippen molar-refractivity contribution in [1.82, 2.24) is 5.32 Å². The molecular formula is C28H34N2O6. The van der Waals surface area contributed by atoms with Gasteiger partial charge in [-0.2, -0.15) is 0 Å². The number of anilines is 1. The normalized spacial score (nSPS) is 26.8. The van der Waals surface area contributed by atoms with E-state index in [2.05, 4.69) is 10.6 Å². The molecule has 5 atom stereocenters. The van der Waals surface area contributed by atoms with Crippen LogP contribution in [-0.4, -0.2) is 55.1 Å². The molecule has 5 rings (SSSR count). The quantitative estimate of drug-likeness (QED) is 0.545. The van der Waals surface area contributed by atoms with Gasteiger partial charge in [-0.1, -0.05) is 30.3 Å². The molecule has 0 unspecified atom stereocenters. The third-order valence-electron chi connectivity index (χ3n) is 7.43. The maximum Gasteiger partial charge on any atom is 0.230 e. The topological polar surface area (TPSA) is 106 Å². The van der Waals surface area contributed by atoms with Gasteiger partial charge in [0, 0.05) is 30.0 Å². The molecule has 2 fully saturated rings. The predicted molar refractivity (Wildman–Crippen MR) is 134 cm³/mol. The van der Waals surface area contributed by atoms with Crippen molar-refractivity contribution in [1.29, 1.82) is 0 Å². The number of ether oxygens (including phenoxy) is 3. The van der Waals surface area contributed by atoms with E-state index >= 15 is 0 Å². The summed E-state index contributed by atoms with van der Waals surface area (Å²) in [6.45, 7) is 2.98. The zero-order valence-electron chi connectivity index (χ0n) is 20.5. The van der Waals surface area contributed by atoms with Crippen LogP contribution in [0.15, 0.2) is 48.5 Å². The van der Waals surface area contributed by atoms with Crippen molar-refractivity contribution in [2.75, 3.05) is 25.1 Å². The van der Waals surface area contributed by atoms with Gasteiger partial charge in [-0.25, -0.2) is 0 Å². The number of hydrogen-bond donors (Lipinski definition) is 3. The lowest BCUT2D eigenvalue weighted by molar-refractivity contribution is -0.148. The number of amides is 2. The van der Waals surface area contributed by atoms with E-state index in [-0.39, 0.29) is 42.9 Å². The van der Waals surface area contributed by atoms with Gasteiger partial charge in [-0.3, -0.25) is 9.59 Å². The minimum Gasteiger partial charge on any atom is -0.490 e. The molecule has 3 heterocycles. The van der Waals surface area contributed by atoms with Crippen molar-refractivity contribution < 1.29 is 28.9 Å². The maximum atomic E-state index is 13.2. The Hall–Kier alpha value is -2.94. The number of hydrogen-bond acceptors (Lipinski definition) is 6. The molecule has 0 aliphatic carbocycles. The molecule has 3 N–H and O–H groups in total. The highest BCUT2D eigenvalue weighted by molar-refractivity contribution is 5.95. The third-order valence-corrected chi connectivity index (χ3v) is 7.43. The number of aliphatic hydroxyl groups excluding tert-OH is 1. The third kappa shape index (κ3) is 5.40. The van der Waals surface area contributed by atoms with Gasteiger partial charge in [-0.15, -0.1) is 0 Å². The molecule has 0 aromatic heterocycles. The van der Waals surface area contributed by atoms with Gasteiger partial charge in [-0.05, 0) is 37.1 Å². The fraction of sp³-hybridized carbons (Fsp3) is 0.500. The molecule has 192 valence electrons. The first kappa shape index (κ1) is 24.7. The van der Waals surface area contributed by atoms with Crippen molar-refractivity contribution in [3.63, 3.8) is 0 Å². The zero-order chi connectivity index (χ0) is 25.1. The van der Waals surface area contributed by atoms with Crippen LogP contribution in [0.3, 0.4) is 0 Å². The summed E-state index contributed by atoms with van der Waals surface area (Å²) in [6.07, 6.45) is 1.17. The summed E-state index contributed by atoms with van der Waals surface area (Å²) in [5.74, 6) is -0.376. The molecule has 36 heavy (non-hydrogen) atoms. The van der Waals surface area contributed by atoms with Crippen molar-refractivity contribution in [3.8, 4) is 5.75 Å². The number of carbonyl (C=O) groups is 2. The van der Waals surface area contributed by atoms with Gasteiger partial charge in [0.25, 0.3) is 0 Å². The number of nitrogens with one attached hydrogen (secondary N) is 2. The highest BCUT2D eigenvalue weighted by atomic mass is 16.5. The van der Waals surface area contributed by atoms with E-state index in [0.717, 1.165) is 29.7 Å². The summed E-state index contributed by atoms with van der Waals surface area (Å²) >= 11 is 0. The molecule has 0 radical (unpaired) electrons. The largest absolute Gasteiger partial charge is 0.490 e. The van der Waals surface area contributed by atoms with Crippen LogP contribution in [0.5, 0.6) is 5.75 Å². The Kier molecular flexibility index (Phi) is 7.55. The summed E-state index contributed by atoms with van der Waals surface area (Å²) in [4.78, 5) is 26.1. The molecule has 0 saturated carbocycles. The summed E-state index contributed by atoms with van der Waals surface area (Å²) in [7, 11) is 0. The molecule has 2 aromatic rings. The van der Waals surface area contributed by atoms with Gasteiger partial charge < -0.3 is 30.0 Å². The SMILES string of the molecule is C[C@@H](NC(=O)C[C@@H]1C[C@@H]2c3cc(ccc3OC3CCOCC3)NC(=O)[C@@H]2[C@@H](CO)O1)c1ccccc1. The smallest absolute Gasteiger partial charge is 0.230 e. The predicted octanol–water partition coefficient (Wildman–Crippen LogP) is 3.31. The van der Waals surface area contributed by atoms with Crippen molar-refractivity contribution >= 4 is 17.5 Å². The molecule has 2 saturated heterocycles. The van der Waals surface area contributed by atoms with E-state index in [1.165, 1.54) is 0 Å². The van der Waals surface area contributed by atoms with Crippen LogP contribution in [0, 0.1) is 5.92 Å². The lowest BCUT2D eigenvalue weighted by Gasteiger charge is -2.40. The van der Waals surface area contributed by atoms with Gasteiger partial charge in [0.15, 0.2) is 0 Å². The summed E-state index contributed by atoms with van der Waals surface area (Å²) in [6, 6.07) is 15.4. The van der Waals surface area contributed by atoms with E-state index in [0.29, 0.717) is 25.3 Å². The summed E-state index contributed by atoms with van der Waals surface area (Å²) < 4.78 is 18.0. The molecule has 8 heteroatoms. The van der Waals surface area contributed by atoms with E-state index in [9.17, 15) is 14.7 Å². The molecule has 3 aliphatic rings. The van der Waals surface area contributed by atoms with Gasteiger partial charge in [0.1, 0.15) is 11.9 Å². The number of rotatable bonds is 7. The molecule has 0 spiro atoms. The first-order valence-corrected chi connectivity index (χ1v) is 12.8. The highest BCUT2D eigenvalue weighted by Crippen LogP contribution is 2.46. The summed E-state index contributed by atoms with van der Waals surface area (Å²) in [5.41, 5.74) is 2.65. The van der Waals surface area contributed by atoms with Gasteiger partial charge in [0.2, 0.25) is 11.8 Å². The van der Waals surface area contributed by atoms with Crippen molar-refractivity contribution in [2.24, 2.45) is 5.92 Å². The highest BCUT2D eigenvalue weighted by Gasteiger charge is 2.46. The van der Waals surface area contributed by atoms with Crippen LogP contribution in [0.2, 0.25) is 0 Å². The Labute approximate surface area is 211 Å². The Bertz CT molecular complexity index is 1070. The van der Waals surface area contributed by atoms with Gasteiger partial charge in [0.05, 0.1) is 50.4 Å². The molecule has 8 nitrogen and oxygen atoms in total. The minimum absolute atomic E-state index is 0.0562. The second-order valence-electron chi connectivity index (χ2n) is 9.92. The van der Waals surface area contributed by atoms with Crippen LogP contribution >= 0.6 is 0 Å². The summed E-state index contributed by atoms with van der Waals surface area (Å²) in [5, 5.41) is 16.2. The monoisotopic (exact) mass is 494 g/mol. The number of benzene rings is 2. The maximum absolute atomic E-state index is 13.2. The Balaban J connectivity index is 1.35. The Morgan fingerprint density at radius 1 is 1.19 bits per heavy atom. The molecule has 3 aliphatic heterocycles. The van der Waals surface area contributed by atoms with Crippen molar-refractivity contribution in [2.45, 2.75) is 62.9 Å². The Morgan fingerprint density at radius 2 is 1.97 bits per heavy atom.